The van der Waals surface area contributed by atoms with Crippen LogP contribution in [0.5, 0.6) is 11.5 Å². The van der Waals surface area contributed by atoms with Gasteiger partial charge in [0.25, 0.3) is 0 Å². The van der Waals surface area contributed by atoms with Crippen molar-refractivity contribution in [3.63, 3.8) is 0 Å². The van der Waals surface area contributed by atoms with Crippen LogP contribution in [0.25, 0.3) is 44.4 Å². The van der Waals surface area contributed by atoms with E-state index in [0.717, 1.165) is 51.5 Å². The first-order valence-corrected chi connectivity index (χ1v) is 21.1. The Hall–Kier alpha value is -5.16. The van der Waals surface area contributed by atoms with Crippen LogP contribution in [0.4, 0.5) is 0 Å². The Morgan fingerprint density at radius 2 is 1.28 bits per heavy atom. The number of para-hydroxylation sites is 1. The first kappa shape index (κ1) is 41.0. The number of nitrogens with zero attached hydrogens (tertiary/aromatic N) is 4. The van der Waals surface area contributed by atoms with Gasteiger partial charge in [-0.1, -0.05) is 133 Å². The van der Waals surface area contributed by atoms with Crippen molar-refractivity contribution >= 4 is 21.8 Å². The van der Waals surface area contributed by atoms with Gasteiger partial charge < -0.3 is 4.74 Å². The van der Waals surface area contributed by atoms with E-state index >= 15 is 0 Å². The van der Waals surface area contributed by atoms with E-state index in [1.54, 1.807) is 0 Å². The van der Waals surface area contributed by atoms with Crippen molar-refractivity contribution in [2.24, 2.45) is 5.41 Å². The number of hydrogen-bond acceptors (Lipinski definition) is 3. The van der Waals surface area contributed by atoms with Crippen LogP contribution in [0.15, 0.2) is 97.2 Å². The fourth-order valence-electron chi connectivity index (χ4n) is 8.57. The molecule has 0 unspecified atom stereocenters. The van der Waals surface area contributed by atoms with E-state index in [-0.39, 0.29) is 27.6 Å². The summed E-state index contributed by atoms with van der Waals surface area (Å²) in [6.45, 7) is 34.5. The number of rotatable bonds is 7. The highest BCUT2D eigenvalue weighted by Gasteiger charge is 2.30. The fraction of sp³-hybridized carbons (Fsp3) is 0.396. The van der Waals surface area contributed by atoms with Gasteiger partial charge in [0, 0.05) is 34.7 Å². The standard InChI is InChI=1S/C53H64N4O/c1-33(2)49-48(35-27-42(52(10,11)12)34(3)43(28-35)53(13,14)15)46(32-50(4,5)6)57(55-49)37-19-18-20-38(30-37)58-39-23-24-41-40-21-16-17-22-44(40)56(45(41)31-39)47-29-36(25-26-54-47)51(7,8)9/h16-31,33H,32H2,1-15H3. The molecule has 0 atom stereocenters. The van der Waals surface area contributed by atoms with Crippen LogP contribution in [0.3, 0.4) is 0 Å². The Morgan fingerprint density at radius 3 is 1.90 bits per heavy atom. The van der Waals surface area contributed by atoms with Crippen molar-refractivity contribution in [2.75, 3.05) is 0 Å². The lowest BCUT2D eigenvalue weighted by Crippen LogP contribution is -2.20. The summed E-state index contributed by atoms with van der Waals surface area (Å²) in [6.07, 6.45) is 2.79. The average Bonchev–Trinajstić information content (AvgIpc) is 3.65. The van der Waals surface area contributed by atoms with Gasteiger partial charge in [-0.15, -0.1) is 0 Å². The van der Waals surface area contributed by atoms with Gasteiger partial charge in [-0.2, -0.15) is 5.10 Å². The molecule has 0 saturated carbocycles. The normalized spacial score (nSPS) is 13.0. The Balaban J connectivity index is 1.37. The van der Waals surface area contributed by atoms with E-state index in [9.17, 15) is 0 Å². The molecule has 0 aliphatic carbocycles. The zero-order chi connectivity index (χ0) is 42.1. The van der Waals surface area contributed by atoms with Crippen LogP contribution in [0.2, 0.25) is 0 Å². The highest BCUT2D eigenvalue weighted by Crippen LogP contribution is 2.43. The van der Waals surface area contributed by atoms with Gasteiger partial charge in [0.15, 0.2) is 0 Å². The van der Waals surface area contributed by atoms with Crippen molar-refractivity contribution in [1.29, 1.82) is 0 Å². The second-order valence-corrected chi connectivity index (χ2v) is 21.0. The van der Waals surface area contributed by atoms with Gasteiger partial charge in [-0.05, 0) is 111 Å². The van der Waals surface area contributed by atoms with Gasteiger partial charge in [0.1, 0.15) is 17.3 Å². The Bertz CT molecular complexity index is 2610. The molecule has 0 radical (unpaired) electrons. The lowest BCUT2D eigenvalue weighted by atomic mass is 9.74. The topological polar surface area (TPSA) is 44.9 Å². The van der Waals surface area contributed by atoms with Gasteiger partial charge in [-0.25, -0.2) is 9.67 Å². The summed E-state index contributed by atoms with van der Waals surface area (Å²) in [5, 5.41) is 7.83. The Morgan fingerprint density at radius 1 is 0.638 bits per heavy atom. The van der Waals surface area contributed by atoms with Crippen LogP contribution in [0.1, 0.15) is 136 Å². The summed E-state index contributed by atoms with van der Waals surface area (Å²) < 4.78 is 11.2. The molecule has 0 spiro atoms. The first-order chi connectivity index (χ1) is 27.0. The SMILES string of the molecule is Cc1c(C(C)(C)C)cc(-c2c(C(C)C)nn(-c3cccc(Oc4ccc5c6ccccc6n(-c6cc(C(C)(C)C)ccn6)c5c4)c3)c2CC(C)(C)C)cc1C(C)(C)C. The number of hydrogen-bond donors (Lipinski definition) is 0. The summed E-state index contributed by atoms with van der Waals surface area (Å²) in [5.41, 5.74) is 13.5. The van der Waals surface area contributed by atoms with Crippen molar-refractivity contribution in [3.8, 4) is 34.1 Å². The molecule has 0 bridgehead atoms. The first-order valence-electron chi connectivity index (χ1n) is 21.1. The molecule has 0 saturated heterocycles. The van der Waals surface area contributed by atoms with E-state index in [1.807, 2.05) is 12.3 Å². The predicted molar refractivity (Wildman–Crippen MR) is 246 cm³/mol. The third-order valence-corrected chi connectivity index (χ3v) is 11.3. The number of benzene rings is 4. The maximum absolute atomic E-state index is 6.77. The maximum Gasteiger partial charge on any atom is 0.137 e. The molecule has 0 aliphatic heterocycles. The summed E-state index contributed by atoms with van der Waals surface area (Å²) in [6, 6.07) is 32.6. The highest BCUT2D eigenvalue weighted by molar-refractivity contribution is 6.09. The summed E-state index contributed by atoms with van der Waals surface area (Å²) in [5.74, 6) is 2.66. The van der Waals surface area contributed by atoms with Crippen LogP contribution < -0.4 is 4.74 Å². The highest BCUT2D eigenvalue weighted by atomic mass is 16.5. The number of aromatic nitrogens is 4. The molecule has 0 N–H and O–H groups in total. The molecule has 4 aromatic carbocycles. The second kappa shape index (κ2) is 14.6. The quantitative estimate of drug-likeness (QED) is 0.162. The molecule has 7 aromatic rings. The van der Waals surface area contributed by atoms with Crippen LogP contribution >= 0.6 is 0 Å². The van der Waals surface area contributed by atoms with E-state index in [0.29, 0.717) is 0 Å². The van der Waals surface area contributed by atoms with Crippen LogP contribution in [-0.2, 0) is 22.7 Å². The number of fused-ring (bicyclic) bond motifs is 3. The summed E-state index contributed by atoms with van der Waals surface area (Å²) in [4.78, 5) is 4.88. The molecular formula is C53H64N4O. The largest absolute Gasteiger partial charge is 0.457 e. The molecule has 3 heterocycles. The fourth-order valence-corrected chi connectivity index (χ4v) is 8.57. The summed E-state index contributed by atoms with van der Waals surface area (Å²) >= 11 is 0. The van der Waals surface area contributed by atoms with Gasteiger partial charge in [0.2, 0.25) is 0 Å². The molecule has 0 fully saturated rings. The molecule has 0 amide bonds. The maximum atomic E-state index is 6.77. The minimum atomic E-state index is -0.00566. The number of ether oxygens (including phenoxy) is 1. The summed E-state index contributed by atoms with van der Waals surface area (Å²) in [7, 11) is 0. The van der Waals surface area contributed by atoms with Crippen LogP contribution in [-0.4, -0.2) is 19.3 Å². The van der Waals surface area contributed by atoms with Crippen molar-refractivity contribution in [3.05, 3.63) is 131 Å². The predicted octanol–water partition coefficient (Wildman–Crippen LogP) is 14.7. The van der Waals surface area contributed by atoms with Crippen molar-refractivity contribution in [1.82, 2.24) is 19.3 Å². The molecule has 5 nitrogen and oxygen atoms in total. The van der Waals surface area contributed by atoms with Crippen molar-refractivity contribution in [2.45, 2.75) is 132 Å². The molecule has 5 heteroatoms. The van der Waals surface area contributed by atoms with Crippen LogP contribution in [0, 0.1) is 12.3 Å². The van der Waals surface area contributed by atoms with Gasteiger partial charge >= 0.3 is 0 Å². The Labute approximate surface area is 347 Å². The molecule has 0 aliphatic rings. The number of pyridine rings is 1. The van der Waals surface area contributed by atoms with E-state index < -0.39 is 0 Å². The zero-order valence-corrected chi connectivity index (χ0v) is 37.7. The van der Waals surface area contributed by atoms with E-state index in [1.165, 1.54) is 44.5 Å². The monoisotopic (exact) mass is 773 g/mol. The van der Waals surface area contributed by atoms with E-state index in [2.05, 4.69) is 198 Å². The molecule has 3 aromatic heterocycles. The molecular weight excluding hydrogens is 709 g/mol. The zero-order valence-electron chi connectivity index (χ0n) is 37.7. The lowest BCUT2D eigenvalue weighted by Gasteiger charge is -2.30. The van der Waals surface area contributed by atoms with Gasteiger partial charge in [-0.3, -0.25) is 4.57 Å². The second-order valence-electron chi connectivity index (χ2n) is 21.0. The molecule has 7 rings (SSSR count). The molecule has 58 heavy (non-hydrogen) atoms. The van der Waals surface area contributed by atoms with E-state index in [4.69, 9.17) is 14.8 Å². The smallest absolute Gasteiger partial charge is 0.137 e. The molecule has 302 valence electrons. The third kappa shape index (κ3) is 7.97. The van der Waals surface area contributed by atoms with Gasteiger partial charge in [0.05, 0.1) is 28.1 Å². The third-order valence-electron chi connectivity index (χ3n) is 11.3. The van der Waals surface area contributed by atoms with Crippen molar-refractivity contribution < 1.29 is 4.74 Å². The average molecular weight is 773 g/mol. The minimum Gasteiger partial charge on any atom is -0.457 e. The minimum absolute atomic E-state index is 0.00136. The lowest BCUT2D eigenvalue weighted by molar-refractivity contribution is 0.402. The Kier molecular flexibility index (Phi) is 10.3.